The molecule has 21 heavy (non-hydrogen) atoms. The summed E-state index contributed by atoms with van der Waals surface area (Å²) in [6.07, 6.45) is 4.74. The smallest absolute Gasteiger partial charge is 0.271 e. The van der Waals surface area contributed by atoms with Crippen LogP contribution in [0.1, 0.15) is 23.8 Å². The van der Waals surface area contributed by atoms with Crippen LogP contribution in [-0.2, 0) is 0 Å². The molecule has 0 aliphatic rings. The number of nitrogens with zero attached hydrogens (tertiary/aromatic N) is 2. The standard InChI is InChI=1S/C15H20N4OS/c1-11(8-10-21-2)17-15(20)13-7-9-19(18-13)14-6-4-3-5-12(14)16/h3-7,9,11H,8,10,16H2,1-2H3,(H,17,20). The topological polar surface area (TPSA) is 72.9 Å². The van der Waals surface area contributed by atoms with E-state index in [4.69, 9.17) is 5.73 Å². The Morgan fingerprint density at radius 2 is 2.19 bits per heavy atom. The molecule has 1 atom stereocenters. The van der Waals surface area contributed by atoms with Gasteiger partial charge in [0.1, 0.15) is 0 Å². The zero-order valence-corrected chi connectivity index (χ0v) is 13.1. The monoisotopic (exact) mass is 304 g/mol. The van der Waals surface area contributed by atoms with E-state index in [0.717, 1.165) is 17.9 Å². The Bertz CT molecular complexity index is 611. The van der Waals surface area contributed by atoms with E-state index in [0.29, 0.717) is 11.4 Å². The molecule has 5 nitrogen and oxygen atoms in total. The fraction of sp³-hybridized carbons (Fsp3) is 0.333. The molecule has 0 aliphatic carbocycles. The molecule has 1 aromatic carbocycles. The molecule has 0 bridgehead atoms. The van der Waals surface area contributed by atoms with E-state index in [1.807, 2.05) is 25.1 Å². The summed E-state index contributed by atoms with van der Waals surface area (Å²) in [7, 11) is 0. The first-order valence-electron chi connectivity index (χ1n) is 6.82. The van der Waals surface area contributed by atoms with E-state index in [1.54, 1.807) is 34.8 Å². The van der Waals surface area contributed by atoms with Gasteiger partial charge in [-0.2, -0.15) is 16.9 Å². The van der Waals surface area contributed by atoms with Crippen LogP contribution < -0.4 is 11.1 Å². The number of carbonyl (C=O) groups excluding carboxylic acids is 1. The Labute approximate surface area is 128 Å². The molecule has 112 valence electrons. The number of para-hydroxylation sites is 2. The lowest BCUT2D eigenvalue weighted by Gasteiger charge is -2.11. The highest BCUT2D eigenvalue weighted by molar-refractivity contribution is 7.98. The molecule has 1 unspecified atom stereocenters. The van der Waals surface area contributed by atoms with Gasteiger partial charge in [0.25, 0.3) is 5.91 Å². The van der Waals surface area contributed by atoms with E-state index in [2.05, 4.69) is 16.7 Å². The fourth-order valence-electron chi connectivity index (χ4n) is 1.94. The van der Waals surface area contributed by atoms with Crippen molar-refractivity contribution in [3.8, 4) is 5.69 Å². The van der Waals surface area contributed by atoms with Crippen LogP contribution in [0.2, 0.25) is 0 Å². The van der Waals surface area contributed by atoms with E-state index in [-0.39, 0.29) is 11.9 Å². The van der Waals surface area contributed by atoms with Crippen LogP contribution in [0.3, 0.4) is 0 Å². The average Bonchev–Trinajstić information content (AvgIpc) is 2.95. The molecule has 0 fully saturated rings. The third kappa shape index (κ3) is 4.01. The minimum atomic E-state index is -0.156. The number of rotatable bonds is 6. The van der Waals surface area contributed by atoms with Crippen molar-refractivity contribution in [2.45, 2.75) is 19.4 Å². The SMILES string of the molecule is CSCCC(C)NC(=O)c1ccn(-c2ccccc2N)n1. The zero-order chi connectivity index (χ0) is 15.2. The van der Waals surface area contributed by atoms with Crippen molar-refractivity contribution in [2.75, 3.05) is 17.7 Å². The number of nitrogens with one attached hydrogen (secondary N) is 1. The van der Waals surface area contributed by atoms with E-state index in [1.165, 1.54) is 0 Å². The molecule has 2 aromatic rings. The van der Waals surface area contributed by atoms with Gasteiger partial charge in [-0.1, -0.05) is 12.1 Å². The molecular weight excluding hydrogens is 284 g/mol. The maximum atomic E-state index is 12.1. The van der Waals surface area contributed by atoms with Crippen LogP contribution in [0.15, 0.2) is 36.5 Å². The predicted octanol–water partition coefficient (Wildman–Crippen LogP) is 2.33. The lowest BCUT2D eigenvalue weighted by atomic mass is 10.2. The summed E-state index contributed by atoms with van der Waals surface area (Å²) >= 11 is 1.77. The molecule has 6 heteroatoms. The van der Waals surface area contributed by atoms with Crippen molar-refractivity contribution < 1.29 is 4.79 Å². The number of hydrogen-bond donors (Lipinski definition) is 2. The van der Waals surface area contributed by atoms with Crippen LogP contribution in [0.25, 0.3) is 5.69 Å². The first-order chi connectivity index (χ1) is 10.1. The summed E-state index contributed by atoms with van der Waals surface area (Å²) in [5.41, 5.74) is 7.70. The maximum Gasteiger partial charge on any atom is 0.271 e. The lowest BCUT2D eigenvalue weighted by molar-refractivity contribution is 0.0934. The molecule has 2 rings (SSSR count). The molecule has 1 heterocycles. The molecular formula is C15H20N4OS. The van der Waals surface area contributed by atoms with E-state index in [9.17, 15) is 4.79 Å². The quantitative estimate of drug-likeness (QED) is 0.803. The number of thioether (sulfide) groups is 1. The fourth-order valence-corrected chi connectivity index (χ4v) is 2.53. The highest BCUT2D eigenvalue weighted by atomic mass is 32.2. The number of amides is 1. The summed E-state index contributed by atoms with van der Waals surface area (Å²) in [4.78, 5) is 12.1. The van der Waals surface area contributed by atoms with Gasteiger partial charge in [-0.05, 0) is 43.6 Å². The Hall–Kier alpha value is -1.95. The average molecular weight is 304 g/mol. The lowest BCUT2D eigenvalue weighted by Crippen LogP contribution is -2.33. The highest BCUT2D eigenvalue weighted by Crippen LogP contribution is 2.15. The minimum absolute atomic E-state index is 0.136. The Kier molecular flexibility index (Phi) is 5.27. The van der Waals surface area contributed by atoms with Crippen molar-refractivity contribution in [3.63, 3.8) is 0 Å². The Morgan fingerprint density at radius 3 is 2.90 bits per heavy atom. The predicted molar refractivity (Wildman–Crippen MR) is 87.9 cm³/mol. The second kappa shape index (κ2) is 7.17. The van der Waals surface area contributed by atoms with Crippen LogP contribution in [0, 0.1) is 0 Å². The summed E-state index contributed by atoms with van der Waals surface area (Å²) < 4.78 is 1.62. The maximum absolute atomic E-state index is 12.1. The normalized spacial score (nSPS) is 12.1. The van der Waals surface area contributed by atoms with Gasteiger partial charge in [-0.25, -0.2) is 4.68 Å². The van der Waals surface area contributed by atoms with Gasteiger partial charge in [-0.15, -0.1) is 0 Å². The number of nitrogen functional groups attached to an aromatic ring is 1. The van der Waals surface area contributed by atoms with Crippen molar-refractivity contribution in [1.82, 2.24) is 15.1 Å². The molecule has 1 aromatic heterocycles. The summed E-state index contributed by atoms with van der Waals surface area (Å²) in [5, 5.41) is 7.25. The summed E-state index contributed by atoms with van der Waals surface area (Å²) in [6.45, 7) is 2.00. The van der Waals surface area contributed by atoms with Gasteiger partial charge in [0.15, 0.2) is 5.69 Å². The van der Waals surface area contributed by atoms with Gasteiger partial charge in [0.05, 0.1) is 11.4 Å². The molecule has 1 amide bonds. The molecule has 3 N–H and O–H groups in total. The zero-order valence-electron chi connectivity index (χ0n) is 12.2. The van der Waals surface area contributed by atoms with Gasteiger partial charge < -0.3 is 11.1 Å². The first kappa shape index (κ1) is 15.4. The van der Waals surface area contributed by atoms with Crippen molar-refractivity contribution in [3.05, 3.63) is 42.2 Å². The first-order valence-corrected chi connectivity index (χ1v) is 8.21. The highest BCUT2D eigenvalue weighted by Gasteiger charge is 2.13. The largest absolute Gasteiger partial charge is 0.397 e. The second-order valence-electron chi connectivity index (χ2n) is 4.86. The number of hydrogen-bond acceptors (Lipinski definition) is 4. The summed E-state index contributed by atoms with van der Waals surface area (Å²) in [5.74, 6) is 0.869. The van der Waals surface area contributed by atoms with Crippen LogP contribution in [-0.4, -0.2) is 33.7 Å². The Morgan fingerprint density at radius 1 is 1.43 bits per heavy atom. The van der Waals surface area contributed by atoms with Gasteiger partial charge in [0, 0.05) is 12.2 Å². The summed E-state index contributed by atoms with van der Waals surface area (Å²) in [6, 6.07) is 9.26. The van der Waals surface area contributed by atoms with Crippen molar-refractivity contribution >= 4 is 23.4 Å². The molecule has 0 saturated carbocycles. The second-order valence-corrected chi connectivity index (χ2v) is 5.85. The van der Waals surface area contributed by atoms with Gasteiger partial charge >= 0.3 is 0 Å². The Balaban J connectivity index is 2.06. The van der Waals surface area contributed by atoms with Crippen molar-refractivity contribution in [1.29, 1.82) is 0 Å². The number of anilines is 1. The molecule has 0 aliphatic heterocycles. The number of benzene rings is 1. The third-order valence-corrected chi connectivity index (χ3v) is 3.78. The van der Waals surface area contributed by atoms with Gasteiger partial charge in [0.2, 0.25) is 0 Å². The number of nitrogens with two attached hydrogens (primary N) is 1. The number of carbonyl (C=O) groups is 1. The van der Waals surface area contributed by atoms with Crippen LogP contribution in [0.5, 0.6) is 0 Å². The van der Waals surface area contributed by atoms with E-state index < -0.39 is 0 Å². The van der Waals surface area contributed by atoms with Crippen LogP contribution in [0.4, 0.5) is 5.69 Å². The molecule has 0 radical (unpaired) electrons. The minimum Gasteiger partial charge on any atom is -0.397 e. The van der Waals surface area contributed by atoms with Gasteiger partial charge in [-0.3, -0.25) is 4.79 Å². The molecule has 0 saturated heterocycles. The number of aromatic nitrogens is 2. The van der Waals surface area contributed by atoms with Crippen LogP contribution >= 0.6 is 11.8 Å². The van der Waals surface area contributed by atoms with Crippen molar-refractivity contribution in [2.24, 2.45) is 0 Å². The third-order valence-electron chi connectivity index (χ3n) is 3.14. The molecule has 0 spiro atoms. The van der Waals surface area contributed by atoms with E-state index >= 15 is 0 Å².